The molecule has 140 valence electrons. The number of hydrogen-bond acceptors (Lipinski definition) is 6. The Kier molecular flexibility index (Phi) is 6.29. The SMILES string of the molecule is CNC(=O)COc1ccc(S(=O)(=O)Nc2ccc(OC)cc2OC)cc1. The highest BCUT2D eigenvalue weighted by Gasteiger charge is 2.17. The molecular formula is C17H20N2O6S. The molecule has 0 heterocycles. The minimum Gasteiger partial charge on any atom is -0.497 e. The first kappa shape index (κ1) is 19.4. The molecule has 26 heavy (non-hydrogen) atoms. The average molecular weight is 380 g/mol. The van der Waals surface area contributed by atoms with E-state index >= 15 is 0 Å². The van der Waals surface area contributed by atoms with E-state index < -0.39 is 10.0 Å². The molecule has 2 aromatic rings. The summed E-state index contributed by atoms with van der Waals surface area (Å²) in [6.45, 7) is -0.149. The van der Waals surface area contributed by atoms with Crippen LogP contribution in [0.1, 0.15) is 0 Å². The van der Waals surface area contributed by atoms with Crippen LogP contribution in [-0.4, -0.2) is 42.2 Å². The van der Waals surface area contributed by atoms with Crippen LogP contribution in [0, 0.1) is 0 Å². The molecule has 2 N–H and O–H groups in total. The normalized spacial score (nSPS) is 10.7. The monoisotopic (exact) mass is 380 g/mol. The molecule has 0 aliphatic rings. The van der Waals surface area contributed by atoms with Gasteiger partial charge in [0.15, 0.2) is 6.61 Å². The topological polar surface area (TPSA) is 103 Å². The second-order valence-electron chi connectivity index (χ2n) is 5.10. The number of ether oxygens (including phenoxy) is 3. The molecular weight excluding hydrogens is 360 g/mol. The van der Waals surface area contributed by atoms with Gasteiger partial charge in [-0.2, -0.15) is 0 Å². The summed E-state index contributed by atoms with van der Waals surface area (Å²) in [7, 11) is 0.619. The van der Waals surface area contributed by atoms with Crippen LogP contribution in [0.25, 0.3) is 0 Å². The average Bonchev–Trinajstić information content (AvgIpc) is 2.66. The molecule has 1 amide bonds. The standard InChI is InChI=1S/C17H20N2O6S/c1-18-17(20)11-25-12-4-7-14(8-5-12)26(21,22)19-15-9-6-13(23-2)10-16(15)24-3/h4-10,19H,11H2,1-3H3,(H,18,20). The molecule has 0 fully saturated rings. The number of benzene rings is 2. The van der Waals surface area contributed by atoms with Crippen molar-refractivity contribution < 1.29 is 27.4 Å². The molecule has 0 radical (unpaired) electrons. The van der Waals surface area contributed by atoms with E-state index in [0.29, 0.717) is 17.2 Å². The number of hydrogen-bond donors (Lipinski definition) is 2. The second-order valence-corrected chi connectivity index (χ2v) is 6.79. The van der Waals surface area contributed by atoms with E-state index in [1.807, 2.05) is 0 Å². The number of sulfonamides is 1. The number of carbonyl (C=O) groups excluding carboxylic acids is 1. The van der Waals surface area contributed by atoms with E-state index in [0.717, 1.165) is 0 Å². The van der Waals surface area contributed by atoms with Gasteiger partial charge in [-0.1, -0.05) is 0 Å². The van der Waals surface area contributed by atoms with Gasteiger partial charge in [-0.25, -0.2) is 8.42 Å². The van der Waals surface area contributed by atoms with Crippen molar-refractivity contribution in [2.24, 2.45) is 0 Å². The molecule has 0 saturated carbocycles. The van der Waals surface area contributed by atoms with Crippen molar-refractivity contribution in [1.29, 1.82) is 0 Å². The number of amides is 1. The Labute approximate surface area is 152 Å². The predicted molar refractivity (Wildman–Crippen MR) is 96.4 cm³/mol. The van der Waals surface area contributed by atoms with Gasteiger partial charge in [-0.3, -0.25) is 9.52 Å². The van der Waals surface area contributed by atoms with Gasteiger partial charge in [-0.15, -0.1) is 0 Å². The maximum Gasteiger partial charge on any atom is 0.262 e. The van der Waals surface area contributed by atoms with E-state index in [2.05, 4.69) is 10.0 Å². The maximum atomic E-state index is 12.5. The lowest BCUT2D eigenvalue weighted by Crippen LogP contribution is -2.24. The highest BCUT2D eigenvalue weighted by atomic mass is 32.2. The lowest BCUT2D eigenvalue weighted by Gasteiger charge is -2.13. The zero-order chi connectivity index (χ0) is 19.2. The number of methoxy groups -OCH3 is 2. The van der Waals surface area contributed by atoms with Crippen molar-refractivity contribution in [3.8, 4) is 17.2 Å². The molecule has 0 spiro atoms. The van der Waals surface area contributed by atoms with Gasteiger partial charge < -0.3 is 19.5 Å². The third-order valence-electron chi connectivity index (χ3n) is 3.44. The molecule has 0 aliphatic heterocycles. The fourth-order valence-corrected chi connectivity index (χ4v) is 3.09. The van der Waals surface area contributed by atoms with E-state index in [9.17, 15) is 13.2 Å². The number of likely N-dealkylation sites (N-methyl/N-ethyl adjacent to an activating group) is 1. The zero-order valence-corrected chi connectivity index (χ0v) is 15.4. The maximum absolute atomic E-state index is 12.5. The number of carbonyl (C=O) groups is 1. The van der Waals surface area contributed by atoms with Crippen molar-refractivity contribution in [2.45, 2.75) is 4.90 Å². The third kappa shape index (κ3) is 4.79. The van der Waals surface area contributed by atoms with Gasteiger partial charge in [0.25, 0.3) is 15.9 Å². The summed E-state index contributed by atoms with van der Waals surface area (Å²) in [6, 6.07) is 10.5. The molecule has 0 atom stereocenters. The largest absolute Gasteiger partial charge is 0.497 e. The first-order valence-electron chi connectivity index (χ1n) is 7.58. The fourth-order valence-electron chi connectivity index (χ4n) is 2.02. The van der Waals surface area contributed by atoms with E-state index in [-0.39, 0.29) is 23.1 Å². The molecule has 2 rings (SSSR count). The molecule has 0 saturated heterocycles. The Hall–Kier alpha value is -2.94. The Balaban J connectivity index is 2.16. The summed E-state index contributed by atoms with van der Waals surface area (Å²) in [6.07, 6.45) is 0. The fraction of sp³-hybridized carbons (Fsp3) is 0.235. The van der Waals surface area contributed by atoms with E-state index in [1.54, 1.807) is 18.2 Å². The zero-order valence-electron chi connectivity index (χ0n) is 14.6. The Morgan fingerprint density at radius 1 is 1.00 bits per heavy atom. The first-order valence-corrected chi connectivity index (χ1v) is 9.06. The van der Waals surface area contributed by atoms with Crippen LogP contribution in [0.4, 0.5) is 5.69 Å². The number of nitrogens with one attached hydrogen (secondary N) is 2. The van der Waals surface area contributed by atoms with Crippen LogP contribution in [-0.2, 0) is 14.8 Å². The van der Waals surface area contributed by atoms with Crippen molar-refractivity contribution in [2.75, 3.05) is 32.6 Å². The van der Waals surface area contributed by atoms with Gasteiger partial charge in [0.05, 0.1) is 24.8 Å². The third-order valence-corrected chi connectivity index (χ3v) is 4.82. The summed E-state index contributed by atoms with van der Waals surface area (Å²) >= 11 is 0. The Bertz CT molecular complexity index is 865. The molecule has 9 heteroatoms. The van der Waals surface area contributed by atoms with Crippen molar-refractivity contribution in [3.05, 3.63) is 42.5 Å². The second kappa shape index (κ2) is 8.43. The lowest BCUT2D eigenvalue weighted by molar-refractivity contribution is -0.122. The van der Waals surface area contributed by atoms with Gasteiger partial charge in [0.1, 0.15) is 17.2 Å². The molecule has 0 aromatic heterocycles. The van der Waals surface area contributed by atoms with Crippen molar-refractivity contribution in [1.82, 2.24) is 5.32 Å². The van der Waals surface area contributed by atoms with Crippen molar-refractivity contribution in [3.63, 3.8) is 0 Å². The van der Waals surface area contributed by atoms with Crippen LogP contribution in [0.5, 0.6) is 17.2 Å². The van der Waals surface area contributed by atoms with Gasteiger partial charge in [0.2, 0.25) is 0 Å². The van der Waals surface area contributed by atoms with E-state index in [1.165, 1.54) is 45.5 Å². The van der Waals surface area contributed by atoms with E-state index in [4.69, 9.17) is 14.2 Å². The minimum atomic E-state index is -3.82. The summed E-state index contributed by atoms with van der Waals surface area (Å²) in [4.78, 5) is 11.2. The van der Waals surface area contributed by atoms with Crippen LogP contribution < -0.4 is 24.2 Å². The Morgan fingerprint density at radius 3 is 2.23 bits per heavy atom. The molecule has 2 aromatic carbocycles. The predicted octanol–water partition coefficient (Wildman–Crippen LogP) is 1.63. The smallest absolute Gasteiger partial charge is 0.262 e. The highest BCUT2D eigenvalue weighted by molar-refractivity contribution is 7.92. The lowest BCUT2D eigenvalue weighted by atomic mass is 10.3. The van der Waals surface area contributed by atoms with Crippen LogP contribution >= 0.6 is 0 Å². The number of anilines is 1. The van der Waals surface area contributed by atoms with Gasteiger partial charge in [0, 0.05) is 13.1 Å². The summed E-state index contributed by atoms with van der Waals surface area (Å²) in [5.41, 5.74) is 0.285. The van der Waals surface area contributed by atoms with Crippen LogP contribution in [0.15, 0.2) is 47.4 Å². The summed E-state index contributed by atoms with van der Waals surface area (Å²) in [5, 5.41) is 2.43. The van der Waals surface area contributed by atoms with Crippen molar-refractivity contribution >= 4 is 21.6 Å². The molecule has 0 unspecified atom stereocenters. The number of rotatable bonds is 8. The first-order chi connectivity index (χ1) is 12.4. The highest BCUT2D eigenvalue weighted by Crippen LogP contribution is 2.31. The van der Waals surface area contributed by atoms with Crippen LogP contribution in [0.2, 0.25) is 0 Å². The summed E-state index contributed by atoms with van der Waals surface area (Å²) < 4.78 is 43.1. The van der Waals surface area contributed by atoms with Gasteiger partial charge in [-0.05, 0) is 36.4 Å². The molecule has 0 aliphatic carbocycles. The quantitative estimate of drug-likeness (QED) is 0.722. The van der Waals surface area contributed by atoms with Crippen LogP contribution in [0.3, 0.4) is 0 Å². The minimum absolute atomic E-state index is 0.0441. The molecule has 0 bridgehead atoms. The Morgan fingerprint density at radius 2 is 1.65 bits per heavy atom. The summed E-state index contributed by atoms with van der Waals surface area (Å²) in [5.74, 6) is 0.977. The van der Waals surface area contributed by atoms with Gasteiger partial charge >= 0.3 is 0 Å². The molecule has 8 nitrogen and oxygen atoms in total.